The second kappa shape index (κ2) is 8.62. The van der Waals surface area contributed by atoms with Crippen molar-refractivity contribution < 1.29 is 23.0 Å². The molecule has 5 rings (SSSR count). The van der Waals surface area contributed by atoms with Crippen LogP contribution in [0.15, 0.2) is 85.2 Å². The fourth-order valence-electron chi connectivity index (χ4n) is 3.50. The van der Waals surface area contributed by atoms with Crippen LogP contribution < -0.4 is 14.8 Å². The highest BCUT2D eigenvalue weighted by Gasteiger charge is 2.21. The first-order valence-corrected chi connectivity index (χ1v) is 10.2. The lowest BCUT2D eigenvalue weighted by Gasteiger charge is -2.11. The van der Waals surface area contributed by atoms with Crippen LogP contribution in [-0.2, 0) is 0 Å². The number of hydrogen-bond donors (Lipinski definition) is 2. The molecule has 2 N–H and O–H groups in total. The molecule has 0 aliphatic carbocycles. The van der Waals surface area contributed by atoms with Gasteiger partial charge in [0, 0.05) is 36.2 Å². The van der Waals surface area contributed by atoms with E-state index in [0.29, 0.717) is 21.7 Å². The second-order valence-electron chi connectivity index (χ2n) is 7.34. The van der Waals surface area contributed by atoms with Crippen LogP contribution in [-0.4, -0.2) is 15.9 Å². The van der Waals surface area contributed by atoms with Gasteiger partial charge in [-0.2, -0.15) is 4.73 Å². The number of anilines is 1. The number of carbonyl (C=O) groups is 1. The molecule has 7 nitrogen and oxygen atoms in total. The number of nitrogens with zero attached hydrogens (tertiary/aromatic N) is 2. The van der Waals surface area contributed by atoms with Gasteiger partial charge in [0.05, 0.1) is 11.1 Å². The van der Waals surface area contributed by atoms with Gasteiger partial charge in [0.1, 0.15) is 28.8 Å². The number of ether oxygens (including phenoxy) is 1. The van der Waals surface area contributed by atoms with Gasteiger partial charge in [-0.05, 0) is 54.6 Å². The summed E-state index contributed by atoms with van der Waals surface area (Å²) in [6, 6.07) is 17.1. The standard InChI is InChI=1S/C25H16F2N4O3/c26-16-6-4-15(5-7-16)21-2-1-3-22(31(21)33)25(32)30-20-9-8-17(14-19(20)27)34-23-11-13-29-24-18(23)10-12-28-24/h1-14H,(H,28,29)(H,30,32). The van der Waals surface area contributed by atoms with Gasteiger partial charge in [-0.15, -0.1) is 0 Å². The lowest BCUT2D eigenvalue weighted by molar-refractivity contribution is -0.595. The van der Waals surface area contributed by atoms with E-state index in [0.717, 1.165) is 11.5 Å². The second-order valence-corrected chi connectivity index (χ2v) is 7.34. The quantitative estimate of drug-likeness (QED) is 0.280. The van der Waals surface area contributed by atoms with Crippen LogP contribution in [0, 0.1) is 16.8 Å². The summed E-state index contributed by atoms with van der Waals surface area (Å²) in [5, 5.41) is 15.9. The average Bonchev–Trinajstić information content (AvgIpc) is 3.32. The highest BCUT2D eigenvalue weighted by Crippen LogP contribution is 2.30. The Labute approximate surface area is 191 Å². The smallest absolute Gasteiger partial charge is 0.321 e. The Kier molecular flexibility index (Phi) is 5.35. The molecular weight excluding hydrogens is 442 g/mol. The van der Waals surface area contributed by atoms with Gasteiger partial charge in [0.2, 0.25) is 5.69 Å². The molecule has 1 amide bonds. The van der Waals surface area contributed by atoms with Crippen molar-refractivity contribution in [2.45, 2.75) is 0 Å². The fraction of sp³-hybridized carbons (Fsp3) is 0. The third-order valence-corrected chi connectivity index (χ3v) is 5.16. The van der Waals surface area contributed by atoms with E-state index in [9.17, 15) is 18.8 Å². The van der Waals surface area contributed by atoms with Gasteiger partial charge in [-0.25, -0.2) is 13.8 Å². The maximum Gasteiger partial charge on any atom is 0.321 e. The summed E-state index contributed by atoms with van der Waals surface area (Å²) < 4.78 is 34.1. The molecule has 0 saturated heterocycles. The summed E-state index contributed by atoms with van der Waals surface area (Å²) >= 11 is 0. The number of benzene rings is 2. The minimum absolute atomic E-state index is 0.119. The normalized spacial score (nSPS) is 10.9. The molecule has 0 atom stereocenters. The van der Waals surface area contributed by atoms with Crippen molar-refractivity contribution in [2.75, 3.05) is 5.32 Å². The van der Waals surface area contributed by atoms with Crippen molar-refractivity contribution in [1.82, 2.24) is 9.97 Å². The van der Waals surface area contributed by atoms with Crippen LogP contribution in [0.25, 0.3) is 22.3 Å². The van der Waals surface area contributed by atoms with Crippen LogP contribution in [0.1, 0.15) is 10.5 Å². The van der Waals surface area contributed by atoms with Crippen molar-refractivity contribution in [1.29, 1.82) is 0 Å². The molecule has 0 bridgehead atoms. The topological polar surface area (TPSA) is 93.9 Å². The molecular formula is C25H16F2N4O3. The van der Waals surface area contributed by atoms with Crippen LogP contribution in [0.2, 0.25) is 0 Å². The molecule has 0 unspecified atom stereocenters. The highest BCUT2D eigenvalue weighted by atomic mass is 19.1. The van der Waals surface area contributed by atoms with E-state index in [1.807, 2.05) is 0 Å². The first-order chi connectivity index (χ1) is 16.5. The SMILES string of the molecule is O=C(Nc1ccc(Oc2ccnc3[nH]ccc23)cc1F)c1cccc(-c2ccc(F)cc2)[n+]1[O-]. The third kappa shape index (κ3) is 4.02. The van der Waals surface area contributed by atoms with E-state index < -0.39 is 17.5 Å². The lowest BCUT2D eigenvalue weighted by atomic mass is 10.1. The van der Waals surface area contributed by atoms with Crippen LogP contribution >= 0.6 is 0 Å². The van der Waals surface area contributed by atoms with Gasteiger partial charge >= 0.3 is 5.91 Å². The molecule has 168 valence electrons. The van der Waals surface area contributed by atoms with E-state index in [4.69, 9.17) is 4.74 Å². The highest BCUT2D eigenvalue weighted by molar-refractivity contribution is 6.02. The number of halogens is 2. The molecule has 0 saturated carbocycles. The molecule has 0 radical (unpaired) electrons. The Morgan fingerprint density at radius 1 is 1.03 bits per heavy atom. The van der Waals surface area contributed by atoms with E-state index in [1.165, 1.54) is 54.6 Å². The minimum atomic E-state index is -0.797. The first kappa shape index (κ1) is 21.1. The average molecular weight is 458 g/mol. The van der Waals surface area contributed by atoms with E-state index in [2.05, 4.69) is 15.3 Å². The van der Waals surface area contributed by atoms with Crippen molar-refractivity contribution in [3.05, 3.63) is 108 Å². The number of hydrogen-bond acceptors (Lipinski definition) is 4. The number of pyridine rings is 2. The number of carbonyl (C=O) groups excluding carboxylic acids is 1. The van der Waals surface area contributed by atoms with Crippen molar-refractivity contribution in [3.63, 3.8) is 0 Å². The number of rotatable bonds is 5. The lowest BCUT2D eigenvalue weighted by Crippen LogP contribution is -2.38. The van der Waals surface area contributed by atoms with Crippen LogP contribution in [0.4, 0.5) is 14.5 Å². The number of aromatic amines is 1. The van der Waals surface area contributed by atoms with Gasteiger partial charge in [-0.3, -0.25) is 4.79 Å². The number of fused-ring (bicyclic) bond motifs is 1. The molecule has 3 heterocycles. The van der Waals surface area contributed by atoms with Crippen molar-refractivity contribution in [2.24, 2.45) is 0 Å². The Morgan fingerprint density at radius 3 is 2.65 bits per heavy atom. The summed E-state index contributed by atoms with van der Waals surface area (Å²) in [4.78, 5) is 19.9. The zero-order valence-electron chi connectivity index (χ0n) is 17.5. The Bertz CT molecular complexity index is 1520. The van der Waals surface area contributed by atoms with E-state index in [1.54, 1.807) is 24.5 Å². The molecule has 3 aromatic heterocycles. The van der Waals surface area contributed by atoms with Gasteiger partial charge in [0.15, 0.2) is 0 Å². The maximum atomic E-state index is 14.7. The first-order valence-electron chi connectivity index (χ1n) is 10.2. The molecule has 0 aliphatic rings. The zero-order valence-corrected chi connectivity index (χ0v) is 17.5. The number of nitrogens with one attached hydrogen (secondary N) is 2. The summed E-state index contributed by atoms with van der Waals surface area (Å²) in [5.41, 5.74) is 0.867. The van der Waals surface area contributed by atoms with Gasteiger partial charge in [-0.1, -0.05) is 0 Å². The van der Waals surface area contributed by atoms with Gasteiger partial charge < -0.3 is 20.2 Å². The van der Waals surface area contributed by atoms with Crippen molar-refractivity contribution >= 4 is 22.6 Å². The van der Waals surface area contributed by atoms with E-state index >= 15 is 0 Å². The molecule has 2 aromatic carbocycles. The monoisotopic (exact) mass is 458 g/mol. The largest absolute Gasteiger partial charge is 0.618 e. The zero-order chi connectivity index (χ0) is 23.7. The Hall–Kier alpha value is -4.79. The maximum absolute atomic E-state index is 14.7. The Balaban J connectivity index is 1.37. The summed E-state index contributed by atoms with van der Waals surface area (Å²) in [7, 11) is 0. The molecule has 0 fully saturated rings. The number of H-pyrrole nitrogens is 1. The third-order valence-electron chi connectivity index (χ3n) is 5.16. The van der Waals surface area contributed by atoms with Gasteiger partial charge in [0.25, 0.3) is 5.69 Å². The fourth-order valence-corrected chi connectivity index (χ4v) is 3.50. The summed E-state index contributed by atoms with van der Waals surface area (Å²) in [6.45, 7) is 0. The number of amides is 1. The molecule has 9 heteroatoms. The molecule has 0 aliphatic heterocycles. The molecule has 0 spiro atoms. The van der Waals surface area contributed by atoms with Crippen LogP contribution in [0.5, 0.6) is 11.5 Å². The molecule has 34 heavy (non-hydrogen) atoms. The Morgan fingerprint density at radius 2 is 1.85 bits per heavy atom. The number of aromatic nitrogens is 3. The predicted molar refractivity (Wildman–Crippen MR) is 121 cm³/mol. The van der Waals surface area contributed by atoms with Crippen molar-refractivity contribution in [3.8, 4) is 22.8 Å². The molecule has 5 aromatic rings. The predicted octanol–water partition coefficient (Wildman–Crippen LogP) is 5.19. The van der Waals surface area contributed by atoms with Crippen LogP contribution in [0.3, 0.4) is 0 Å². The summed E-state index contributed by atoms with van der Waals surface area (Å²) in [6.07, 6.45) is 3.29. The summed E-state index contributed by atoms with van der Waals surface area (Å²) in [5.74, 6) is -1.26. The minimum Gasteiger partial charge on any atom is -0.618 e. The van der Waals surface area contributed by atoms with E-state index in [-0.39, 0.29) is 22.8 Å².